The minimum Gasteiger partial charge on any atom is -0.382 e. The number of anilines is 4. The summed E-state index contributed by atoms with van der Waals surface area (Å²) in [5, 5.41) is 4.30. The van der Waals surface area contributed by atoms with Gasteiger partial charge < -0.3 is 34.4 Å². The van der Waals surface area contributed by atoms with E-state index in [0.29, 0.717) is 12.8 Å². The van der Waals surface area contributed by atoms with Gasteiger partial charge in [0.1, 0.15) is 0 Å². The molecule has 198 valence electrons. The van der Waals surface area contributed by atoms with Gasteiger partial charge in [0.25, 0.3) is 11.8 Å². The summed E-state index contributed by atoms with van der Waals surface area (Å²) in [5.41, 5.74) is 33.0. The summed E-state index contributed by atoms with van der Waals surface area (Å²) in [5.74, 6) is -2.41. The molecule has 0 radical (unpaired) electrons. The fourth-order valence-corrected chi connectivity index (χ4v) is 2.52. The van der Waals surface area contributed by atoms with E-state index < -0.39 is 11.8 Å². The Kier molecular flexibility index (Phi) is 13.7. The SMILES string of the molecule is Br.Br.NC(=NCCCCN=C(N)NC(=O)c1nc(Cl)c(N)nc1N)NC(=O)c1nc(Cl)c(N)nc1N. The highest BCUT2D eigenvalue weighted by molar-refractivity contribution is 8.93. The van der Waals surface area contributed by atoms with Crippen molar-refractivity contribution >= 4 is 104 Å². The fourth-order valence-electron chi connectivity index (χ4n) is 2.27. The first kappa shape index (κ1) is 32.8. The lowest BCUT2D eigenvalue weighted by atomic mass is 10.3. The van der Waals surface area contributed by atoms with Gasteiger partial charge >= 0.3 is 0 Å². The Balaban J connectivity index is 0.00000612. The van der Waals surface area contributed by atoms with Gasteiger partial charge in [-0.3, -0.25) is 30.2 Å². The van der Waals surface area contributed by atoms with Crippen LogP contribution in [0.25, 0.3) is 0 Å². The van der Waals surface area contributed by atoms with Crippen LogP contribution in [-0.4, -0.2) is 56.8 Å². The Hall–Kier alpha value is -3.22. The number of nitrogen functional groups attached to an aromatic ring is 4. The first-order valence-electron chi connectivity index (χ1n) is 9.39. The summed E-state index contributed by atoms with van der Waals surface area (Å²) in [4.78, 5) is 47.2. The van der Waals surface area contributed by atoms with Crippen molar-refractivity contribution in [2.24, 2.45) is 21.5 Å². The average molecular weight is 675 g/mol. The first-order chi connectivity index (χ1) is 16.0. The number of nitrogens with zero attached hydrogens (tertiary/aromatic N) is 6. The van der Waals surface area contributed by atoms with Gasteiger partial charge in [-0.1, -0.05) is 23.2 Å². The number of carbonyl (C=O) groups is 2. The molecule has 2 aromatic rings. The normalized spacial score (nSPS) is 11.2. The molecule has 0 aliphatic rings. The van der Waals surface area contributed by atoms with E-state index in [9.17, 15) is 9.59 Å². The van der Waals surface area contributed by atoms with Crippen molar-refractivity contribution in [3.05, 3.63) is 21.7 Å². The predicted octanol–water partition coefficient (Wildman–Crippen LogP) is -0.373. The third kappa shape index (κ3) is 9.44. The Bertz CT molecular complexity index is 1070. The maximum Gasteiger partial charge on any atom is 0.280 e. The summed E-state index contributed by atoms with van der Waals surface area (Å²) in [6, 6.07) is 0. The molecule has 0 saturated carbocycles. The Morgan fingerprint density at radius 3 is 1.33 bits per heavy atom. The number of amides is 2. The van der Waals surface area contributed by atoms with Gasteiger partial charge in [-0.05, 0) is 12.8 Å². The highest BCUT2D eigenvalue weighted by atomic mass is 79.9. The molecule has 14 N–H and O–H groups in total. The highest BCUT2D eigenvalue weighted by Crippen LogP contribution is 2.18. The standard InChI is InChI=1S/C16H22Cl2N14O2.2BrH/c17-7-11(21)29-9(19)5(27-7)13(33)31-15(23)25-3-1-2-4-26-16(24)32-14(34)6-10(20)30-12(22)8(18)28-6;;/h1-4H2,(H4,19,21,29)(H4,20,22,30)(H3,23,25,31,33)(H3,24,26,32,34);2*1H. The van der Waals surface area contributed by atoms with Crippen molar-refractivity contribution in [1.82, 2.24) is 30.6 Å². The van der Waals surface area contributed by atoms with Crippen LogP contribution < -0.4 is 45.0 Å². The minimum atomic E-state index is -0.742. The molecule has 0 aliphatic carbocycles. The van der Waals surface area contributed by atoms with E-state index in [1.165, 1.54) is 0 Å². The molecule has 16 nitrogen and oxygen atoms in total. The number of rotatable bonds is 7. The zero-order chi connectivity index (χ0) is 25.4. The van der Waals surface area contributed by atoms with E-state index >= 15 is 0 Å². The van der Waals surface area contributed by atoms with Gasteiger partial charge in [-0.2, -0.15) is 0 Å². The smallest absolute Gasteiger partial charge is 0.280 e. The van der Waals surface area contributed by atoms with E-state index in [0.717, 1.165) is 0 Å². The van der Waals surface area contributed by atoms with Crippen molar-refractivity contribution in [2.75, 3.05) is 36.0 Å². The zero-order valence-corrected chi connectivity index (χ0v) is 23.3. The van der Waals surface area contributed by atoms with Gasteiger partial charge in [-0.25, -0.2) is 19.9 Å². The molecule has 0 unspecified atom stereocenters. The fraction of sp³-hybridized carbons (Fsp3) is 0.250. The molecule has 2 aromatic heterocycles. The summed E-state index contributed by atoms with van der Waals surface area (Å²) < 4.78 is 0. The van der Waals surface area contributed by atoms with Crippen LogP contribution in [0.5, 0.6) is 0 Å². The quantitative estimate of drug-likeness (QED) is 0.106. The molecule has 0 atom stereocenters. The first-order valence-corrected chi connectivity index (χ1v) is 10.1. The number of aliphatic imine (C=N–C) groups is 2. The largest absolute Gasteiger partial charge is 0.382 e. The van der Waals surface area contributed by atoms with Crippen LogP contribution in [0.3, 0.4) is 0 Å². The lowest BCUT2D eigenvalue weighted by Crippen LogP contribution is -2.38. The monoisotopic (exact) mass is 672 g/mol. The summed E-state index contributed by atoms with van der Waals surface area (Å²) >= 11 is 11.5. The number of hydrogen-bond donors (Lipinski definition) is 8. The van der Waals surface area contributed by atoms with E-state index in [-0.39, 0.29) is 104 Å². The predicted molar refractivity (Wildman–Crippen MR) is 150 cm³/mol. The number of nitrogens with one attached hydrogen (secondary N) is 2. The molecule has 0 aromatic carbocycles. The van der Waals surface area contributed by atoms with Gasteiger partial charge in [0, 0.05) is 13.1 Å². The third-order valence-electron chi connectivity index (χ3n) is 3.85. The second kappa shape index (κ2) is 15.0. The molecule has 2 amide bonds. The van der Waals surface area contributed by atoms with E-state index in [2.05, 4.69) is 40.6 Å². The lowest BCUT2D eigenvalue weighted by molar-refractivity contribution is 0.0964. The van der Waals surface area contributed by atoms with Gasteiger partial charge in [0.2, 0.25) is 0 Å². The molecule has 0 spiro atoms. The number of hydrogen-bond acceptors (Lipinski definition) is 12. The van der Waals surface area contributed by atoms with E-state index in [1.807, 2.05) is 0 Å². The van der Waals surface area contributed by atoms with Gasteiger partial charge in [0.05, 0.1) is 0 Å². The Morgan fingerprint density at radius 1 is 0.667 bits per heavy atom. The Labute approximate surface area is 235 Å². The average Bonchev–Trinajstić information content (AvgIpc) is 2.75. The topological polar surface area (TPSA) is 291 Å². The second-order valence-corrected chi connectivity index (χ2v) is 7.13. The summed E-state index contributed by atoms with van der Waals surface area (Å²) in [7, 11) is 0. The lowest BCUT2D eigenvalue weighted by Gasteiger charge is -2.07. The van der Waals surface area contributed by atoms with Crippen LogP contribution in [0.4, 0.5) is 23.3 Å². The molecule has 0 aliphatic heterocycles. The molecule has 2 heterocycles. The number of guanidine groups is 2. The van der Waals surface area contributed by atoms with Crippen LogP contribution in [0.15, 0.2) is 9.98 Å². The van der Waals surface area contributed by atoms with Crippen LogP contribution in [0.1, 0.15) is 33.8 Å². The number of nitrogens with two attached hydrogens (primary N) is 6. The van der Waals surface area contributed by atoms with E-state index in [4.69, 9.17) is 57.6 Å². The molecule has 20 heteroatoms. The third-order valence-corrected chi connectivity index (χ3v) is 4.41. The highest BCUT2D eigenvalue weighted by Gasteiger charge is 2.17. The van der Waals surface area contributed by atoms with Crippen molar-refractivity contribution < 1.29 is 9.59 Å². The maximum atomic E-state index is 12.1. The van der Waals surface area contributed by atoms with Crippen LogP contribution in [-0.2, 0) is 0 Å². The van der Waals surface area contributed by atoms with Gasteiger partial charge in [0.15, 0.2) is 56.9 Å². The molecule has 36 heavy (non-hydrogen) atoms. The van der Waals surface area contributed by atoms with Crippen LogP contribution >= 0.6 is 57.2 Å². The molecule has 0 fully saturated rings. The summed E-state index contributed by atoms with van der Waals surface area (Å²) in [6.07, 6.45) is 1.09. The van der Waals surface area contributed by atoms with Crippen molar-refractivity contribution in [3.63, 3.8) is 0 Å². The molecular formula is C16H24Br2Cl2N14O2. The second-order valence-electron chi connectivity index (χ2n) is 6.42. The van der Waals surface area contributed by atoms with Crippen LogP contribution in [0, 0.1) is 0 Å². The maximum absolute atomic E-state index is 12.1. The number of carbonyl (C=O) groups excluding carboxylic acids is 2. The number of aromatic nitrogens is 4. The minimum absolute atomic E-state index is 0. The van der Waals surface area contributed by atoms with Crippen molar-refractivity contribution in [2.45, 2.75) is 12.8 Å². The summed E-state index contributed by atoms with van der Waals surface area (Å²) in [6.45, 7) is 0.543. The number of halogens is 4. The van der Waals surface area contributed by atoms with E-state index in [1.54, 1.807) is 0 Å². The Morgan fingerprint density at radius 2 is 1.00 bits per heavy atom. The molecule has 0 saturated heterocycles. The van der Waals surface area contributed by atoms with Crippen molar-refractivity contribution in [1.29, 1.82) is 0 Å². The van der Waals surface area contributed by atoms with Crippen molar-refractivity contribution in [3.8, 4) is 0 Å². The molecule has 0 bridgehead atoms. The zero-order valence-electron chi connectivity index (χ0n) is 18.4. The number of unbranched alkanes of at least 4 members (excludes halogenated alkanes) is 1. The van der Waals surface area contributed by atoms with Gasteiger partial charge in [-0.15, -0.1) is 34.0 Å². The molecule has 2 rings (SSSR count). The van der Waals surface area contributed by atoms with Crippen LogP contribution in [0.2, 0.25) is 10.3 Å². The molecular weight excluding hydrogens is 651 g/mol.